The lowest BCUT2D eigenvalue weighted by molar-refractivity contribution is 0.386. The standard InChI is InChI=1S/C14H18FN3O/c1-9-14(12(6-7-16)17-18(9)2)10-4-5-13(19-3)11(15)8-10/h4-5,8H,6-7,16H2,1-3H3. The van der Waals surface area contributed by atoms with Crippen LogP contribution in [0.5, 0.6) is 5.75 Å². The van der Waals surface area contributed by atoms with Crippen LogP contribution >= 0.6 is 0 Å². The highest BCUT2D eigenvalue weighted by atomic mass is 19.1. The van der Waals surface area contributed by atoms with Gasteiger partial charge in [0.15, 0.2) is 11.6 Å². The summed E-state index contributed by atoms with van der Waals surface area (Å²) in [6.07, 6.45) is 0.671. The Bertz CT molecular complexity index is 593. The second-order valence-electron chi connectivity index (χ2n) is 4.42. The van der Waals surface area contributed by atoms with Crippen molar-refractivity contribution in [3.63, 3.8) is 0 Å². The van der Waals surface area contributed by atoms with Crippen molar-refractivity contribution in [1.29, 1.82) is 0 Å². The van der Waals surface area contributed by atoms with Gasteiger partial charge in [0.05, 0.1) is 12.8 Å². The topological polar surface area (TPSA) is 53.1 Å². The van der Waals surface area contributed by atoms with E-state index >= 15 is 0 Å². The maximum absolute atomic E-state index is 13.8. The van der Waals surface area contributed by atoms with E-state index in [9.17, 15) is 4.39 Å². The number of hydrogen-bond acceptors (Lipinski definition) is 3. The number of methoxy groups -OCH3 is 1. The summed E-state index contributed by atoms with van der Waals surface area (Å²) in [6.45, 7) is 2.48. The number of aryl methyl sites for hydroxylation is 1. The average Bonchev–Trinajstić information content (AvgIpc) is 2.65. The molecule has 1 aromatic heterocycles. The molecule has 0 atom stereocenters. The van der Waals surface area contributed by atoms with Crippen molar-refractivity contribution in [2.45, 2.75) is 13.3 Å². The van der Waals surface area contributed by atoms with Gasteiger partial charge in [0.1, 0.15) is 0 Å². The molecule has 0 unspecified atom stereocenters. The first-order valence-corrected chi connectivity index (χ1v) is 6.15. The third-order valence-electron chi connectivity index (χ3n) is 3.23. The fraction of sp³-hybridized carbons (Fsp3) is 0.357. The van der Waals surface area contributed by atoms with Gasteiger partial charge in [-0.2, -0.15) is 5.10 Å². The normalized spacial score (nSPS) is 10.8. The van der Waals surface area contributed by atoms with Crippen molar-refractivity contribution < 1.29 is 9.13 Å². The van der Waals surface area contributed by atoms with Crippen LogP contribution in [0.25, 0.3) is 11.1 Å². The number of aromatic nitrogens is 2. The number of ether oxygens (including phenoxy) is 1. The minimum absolute atomic E-state index is 0.241. The summed E-state index contributed by atoms with van der Waals surface area (Å²) in [5.41, 5.74) is 9.24. The first-order valence-electron chi connectivity index (χ1n) is 6.15. The van der Waals surface area contributed by atoms with E-state index in [-0.39, 0.29) is 11.6 Å². The molecule has 19 heavy (non-hydrogen) atoms. The quantitative estimate of drug-likeness (QED) is 0.918. The third-order valence-corrected chi connectivity index (χ3v) is 3.23. The molecule has 0 bridgehead atoms. The summed E-state index contributed by atoms with van der Waals surface area (Å²) < 4.78 is 20.5. The first-order chi connectivity index (χ1) is 9.08. The van der Waals surface area contributed by atoms with Crippen LogP contribution in [-0.4, -0.2) is 23.4 Å². The first kappa shape index (κ1) is 13.5. The molecule has 2 N–H and O–H groups in total. The maximum atomic E-state index is 13.8. The average molecular weight is 263 g/mol. The Morgan fingerprint density at radius 3 is 2.74 bits per heavy atom. The monoisotopic (exact) mass is 263 g/mol. The van der Waals surface area contributed by atoms with E-state index in [0.717, 1.165) is 22.5 Å². The van der Waals surface area contributed by atoms with Crippen LogP contribution in [0.3, 0.4) is 0 Å². The molecule has 1 aromatic carbocycles. The van der Waals surface area contributed by atoms with Crippen molar-refractivity contribution in [3.05, 3.63) is 35.4 Å². The van der Waals surface area contributed by atoms with Gasteiger partial charge in [-0.1, -0.05) is 6.07 Å². The molecule has 0 spiro atoms. The molecule has 2 rings (SSSR count). The number of nitrogens with two attached hydrogens (primary N) is 1. The second kappa shape index (κ2) is 5.40. The minimum atomic E-state index is -0.373. The maximum Gasteiger partial charge on any atom is 0.165 e. The van der Waals surface area contributed by atoms with Gasteiger partial charge in [0.2, 0.25) is 0 Å². The summed E-state index contributed by atoms with van der Waals surface area (Å²) in [5, 5.41) is 4.43. The molecule has 0 radical (unpaired) electrons. The number of benzene rings is 1. The van der Waals surface area contributed by atoms with Crippen molar-refractivity contribution in [2.75, 3.05) is 13.7 Å². The smallest absolute Gasteiger partial charge is 0.165 e. The lowest BCUT2D eigenvalue weighted by Crippen LogP contribution is -2.04. The Hall–Kier alpha value is -1.88. The van der Waals surface area contributed by atoms with Gasteiger partial charge in [0.25, 0.3) is 0 Å². The number of halogens is 1. The lowest BCUT2D eigenvalue weighted by atomic mass is 10.0. The molecule has 0 aliphatic rings. The van der Waals surface area contributed by atoms with E-state index in [1.807, 2.05) is 20.0 Å². The number of rotatable bonds is 4. The van der Waals surface area contributed by atoms with Crippen LogP contribution in [0.1, 0.15) is 11.4 Å². The van der Waals surface area contributed by atoms with E-state index in [1.54, 1.807) is 10.7 Å². The Balaban J connectivity index is 2.54. The highest BCUT2D eigenvalue weighted by Crippen LogP contribution is 2.30. The molecule has 102 valence electrons. The van der Waals surface area contributed by atoms with Gasteiger partial charge in [-0.05, 0) is 31.2 Å². The Morgan fingerprint density at radius 2 is 2.16 bits per heavy atom. The molecule has 2 aromatic rings. The van der Waals surface area contributed by atoms with Gasteiger partial charge in [0, 0.05) is 24.7 Å². The van der Waals surface area contributed by atoms with Crippen molar-refractivity contribution in [2.24, 2.45) is 12.8 Å². The van der Waals surface area contributed by atoms with E-state index in [2.05, 4.69) is 5.10 Å². The van der Waals surface area contributed by atoms with Crippen LogP contribution in [0.2, 0.25) is 0 Å². The van der Waals surface area contributed by atoms with Gasteiger partial charge in [-0.3, -0.25) is 4.68 Å². The SMILES string of the molecule is COc1ccc(-c2c(CCN)nn(C)c2C)cc1F. The van der Waals surface area contributed by atoms with Crippen molar-refractivity contribution in [3.8, 4) is 16.9 Å². The zero-order valence-corrected chi connectivity index (χ0v) is 11.4. The van der Waals surface area contributed by atoms with Crippen LogP contribution in [0, 0.1) is 12.7 Å². The summed E-state index contributed by atoms with van der Waals surface area (Å²) >= 11 is 0. The van der Waals surface area contributed by atoms with Crippen LogP contribution in [0.15, 0.2) is 18.2 Å². The fourth-order valence-electron chi connectivity index (χ4n) is 2.19. The molecule has 4 nitrogen and oxygen atoms in total. The van der Waals surface area contributed by atoms with Crippen LogP contribution in [-0.2, 0) is 13.5 Å². The molecule has 0 amide bonds. The molecule has 0 aliphatic heterocycles. The molecular formula is C14H18FN3O. The summed E-state index contributed by atoms with van der Waals surface area (Å²) in [7, 11) is 3.33. The number of nitrogens with zero attached hydrogens (tertiary/aromatic N) is 2. The van der Waals surface area contributed by atoms with E-state index in [4.69, 9.17) is 10.5 Å². The zero-order chi connectivity index (χ0) is 14.0. The summed E-state index contributed by atoms with van der Waals surface area (Å²) in [4.78, 5) is 0. The molecule has 1 heterocycles. The second-order valence-corrected chi connectivity index (χ2v) is 4.42. The molecular weight excluding hydrogens is 245 g/mol. The zero-order valence-electron chi connectivity index (χ0n) is 11.4. The molecule has 5 heteroatoms. The minimum Gasteiger partial charge on any atom is -0.494 e. The third kappa shape index (κ3) is 2.46. The van der Waals surface area contributed by atoms with Gasteiger partial charge >= 0.3 is 0 Å². The Labute approximate surface area is 112 Å². The van der Waals surface area contributed by atoms with Gasteiger partial charge in [-0.15, -0.1) is 0 Å². The molecule has 0 saturated heterocycles. The molecule has 0 aliphatic carbocycles. The van der Waals surface area contributed by atoms with E-state index < -0.39 is 0 Å². The predicted molar refractivity (Wildman–Crippen MR) is 72.6 cm³/mol. The van der Waals surface area contributed by atoms with Crippen LogP contribution in [0.4, 0.5) is 4.39 Å². The fourth-order valence-corrected chi connectivity index (χ4v) is 2.19. The molecule has 0 saturated carbocycles. The van der Waals surface area contributed by atoms with Crippen LogP contribution < -0.4 is 10.5 Å². The number of hydrogen-bond donors (Lipinski definition) is 1. The predicted octanol–water partition coefficient (Wildman–Crippen LogP) is 2.04. The lowest BCUT2D eigenvalue weighted by Gasteiger charge is -2.07. The largest absolute Gasteiger partial charge is 0.494 e. The van der Waals surface area contributed by atoms with Gasteiger partial charge < -0.3 is 10.5 Å². The van der Waals surface area contributed by atoms with Gasteiger partial charge in [-0.25, -0.2) is 4.39 Å². The van der Waals surface area contributed by atoms with Crippen molar-refractivity contribution >= 4 is 0 Å². The highest BCUT2D eigenvalue weighted by Gasteiger charge is 2.15. The van der Waals surface area contributed by atoms with Crippen molar-refractivity contribution in [1.82, 2.24) is 9.78 Å². The van der Waals surface area contributed by atoms with E-state index in [1.165, 1.54) is 13.2 Å². The Kier molecular flexibility index (Phi) is 3.85. The van der Waals surface area contributed by atoms with E-state index in [0.29, 0.717) is 13.0 Å². The Morgan fingerprint density at radius 1 is 1.42 bits per heavy atom. The highest BCUT2D eigenvalue weighted by molar-refractivity contribution is 5.69. The molecule has 0 fully saturated rings. The summed E-state index contributed by atoms with van der Waals surface area (Å²) in [6, 6.07) is 4.94. The summed E-state index contributed by atoms with van der Waals surface area (Å²) in [5.74, 6) is -0.132.